The molecule has 0 aliphatic rings. The number of alkyl halides is 2. The van der Waals surface area contributed by atoms with E-state index in [-0.39, 0.29) is 0 Å². The molecule has 1 aromatic carbocycles. The summed E-state index contributed by atoms with van der Waals surface area (Å²) in [5.41, 5.74) is 2.83. The second-order valence-corrected chi connectivity index (χ2v) is 3.70. The molecule has 11 heavy (non-hydrogen) atoms. The Kier molecular flexibility index (Phi) is 4.16. The zero-order chi connectivity index (χ0) is 8.10. The predicted molar refractivity (Wildman–Crippen MR) is 56.6 cm³/mol. The molecular weight excluding hydrogens is 268 g/mol. The van der Waals surface area contributed by atoms with Crippen molar-refractivity contribution in [3.05, 3.63) is 35.4 Å². The molecule has 2 heteroatoms. The van der Waals surface area contributed by atoms with Crippen molar-refractivity contribution in [2.45, 2.75) is 11.8 Å². The molecule has 0 bridgehead atoms. The van der Waals surface area contributed by atoms with Crippen LogP contribution in [-0.4, -0.2) is 5.33 Å². The molecule has 0 atom stereocenters. The smallest absolute Gasteiger partial charge is 0.0285 e. The summed E-state index contributed by atoms with van der Waals surface area (Å²) in [6.45, 7) is 0. The molecule has 0 aromatic heterocycles. The average molecular weight is 278 g/mol. The highest BCUT2D eigenvalue weighted by molar-refractivity contribution is 9.09. The Balaban J connectivity index is 2.83. The van der Waals surface area contributed by atoms with E-state index in [1.54, 1.807) is 0 Å². The van der Waals surface area contributed by atoms with Crippen LogP contribution in [0.3, 0.4) is 0 Å². The van der Waals surface area contributed by atoms with Gasteiger partial charge in [0.25, 0.3) is 0 Å². The van der Waals surface area contributed by atoms with E-state index >= 15 is 0 Å². The Hall–Kier alpha value is 0.180. The third-order valence-corrected chi connectivity index (χ3v) is 2.63. The van der Waals surface area contributed by atoms with Crippen molar-refractivity contribution in [3.63, 3.8) is 0 Å². The molecule has 0 radical (unpaired) electrons. The molecule has 0 saturated heterocycles. The largest absolute Gasteiger partial charge is 0.0924 e. The molecule has 0 aliphatic carbocycles. The summed E-state index contributed by atoms with van der Waals surface area (Å²) >= 11 is 6.90. The quantitative estimate of drug-likeness (QED) is 0.742. The van der Waals surface area contributed by atoms with Crippen molar-refractivity contribution in [1.82, 2.24) is 0 Å². The third kappa shape index (κ3) is 2.60. The second kappa shape index (κ2) is 4.94. The molecule has 0 heterocycles. The van der Waals surface area contributed by atoms with Crippen LogP contribution in [0.2, 0.25) is 0 Å². The first-order valence-corrected chi connectivity index (χ1v) is 5.81. The number of rotatable bonds is 3. The van der Waals surface area contributed by atoms with Crippen molar-refractivity contribution in [1.29, 1.82) is 0 Å². The van der Waals surface area contributed by atoms with Crippen molar-refractivity contribution >= 4 is 31.9 Å². The molecule has 0 spiro atoms. The van der Waals surface area contributed by atoms with Crippen LogP contribution in [0.15, 0.2) is 24.3 Å². The van der Waals surface area contributed by atoms with Crippen LogP contribution in [0, 0.1) is 0 Å². The molecule has 0 nitrogen and oxygen atoms in total. The number of aryl methyl sites for hydroxylation is 1. The van der Waals surface area contributed by atoms with Gasteiger partial charge in [0, 0.05) is 10.7 Å². The van der Waals surface area contributed by atoms with Gasteiger partial charge in [-0.05, 0) is 17.5 Å². The lowest BCUT2D eigenvalue weighted by Crippen LogP contribution is -1.91. The van der Waals surface area contributed by atoms with Gasteiger partial charge in [0.2, 0.25) is 0 Å². The number of halogens is 2. The zero-order valence-corrected chi connectivity index (χ0v) is 9.36. The highest BCUT2D eigenvalue weighted by atomic mass is 79.9. The zero-order valence-electron chi connectivity index (χ0n) is 6.19. The van der Waals surface area contributed by atoms with Crippen molar-refractivity contribution in [2.75, 3.05) is 5.33 Å². The van der Waals surface area contributed by atoms with Gasteiger partial charge in [0.15, 0.2) is 0 Å². The van der Waals surface area contributed by atoms with Crippen molar-refractivity contribution in [2.24, 2.45) is 0 Å². The minimum absolute atomic E-state index is 0.955. The van der Waals surface area contributed by atoms with Gasteiger partial charge in [-0.15, -0.1) is 0 Å². The SMILES string of the molecule is BrCCc1ccccc1CBr. The van der Waals surface area contributed by atoms with E-state index in [4.69, 9.17) is 0 Å². The lowest BCUT2D eigenvalue weighted by molar-refractivity contribution is 1.13. The topological polar surface area (TPSA) is 0 Å². The summed E-state index contributed by atoms with van der Waals surface area (Å²) in [5.74, 6) is 0. The lowest BCUT2D eigenvalue weighted by Gasteiger charge is -2.03. The molecule has 0 unspecified atom stereocenters. The maximum Gasteiger partial charge on any atom is 0.0285 e. The number of benzene rings is 1. The Labute approximate surface area is 84.3 Å². The first-order chi connectivity index (χ1) is 5.38. The van der Waals surface area contributed by atoms with Gasteiger partial charge in [0.1, 0.15) is 0 Å². The van der Waals surface area contributed by atoms with Gasteiger partial charge in [-0.3, -0.25) is 0 Å². The molecule has 1 aromatic rings. The molecule has 0 amide bonds. The van der Waals surface area contributed by atoms with Gasteiger partial charge >= 0.3 is 0 Å². The summed E-state index contributed by atoms with van der Waals surface area (Å²) in [6, 6.07) is 8.50. The van der Waals surface area contributed by atoms with E-state index in [0.717, 1.165) is 17.1 Å². The van der Waals surface area contributed by atoms with Crippen LogP contribution in [0.4, 0.5) is 0 Å². The average Bonchev–Trinajstić information content (AvgIpc) is 2.06. The van der Waals surface area contributed by atoms with Gasteiger partial charge in [-0.2, -0.15) is 0 Å². The fourth-order valence-corrected chi connectivity index (χ4v) is 2.01. The Morgan fingerprint density at radius 3 is 2.18 bits per heavy atom. The minimum atomic E-state index is 0.955. The van der Waals surface area contributed by atoms with E-state index in [9.17, 15) is 0 Å². The van der Waals surface area contributed by atoms with E-state index in [0.29, 0.717) is 0 Å². The van der Waals surface area contributed by atoms with Gasteiger partial charge in [-0.1, -0.05) is 56.1 Å². The summed E-state index contributed by atoms with van der Waals surface area (Å²) in [7, 11) is 0. The molecule has 0 aliphatic heterocycles. The van der Waals surface area contributed by atoms with Crippen LogP contribution in [-0.2, 0) is 11.8 Å². The molecule has 0 N–H and O–H groups in total. The molecule has 0 fully saturated rings. The number of hydrogen-bond donors (Lipinski definition) is 0. The van der Waals surface area contributed by atoms with E-state index in [2.05, 4.69) is 56.1 Å². The Morgan fingerprint density at radius 1 is 1.00 bits per heavy atom. The first kappa shape index (κ1) is 9.27. The third-order valence-electron chi connectivity index (χ3n) is 1.63. The fourth-order valence-electron chi connectivity index (χ4n) is 1.03. The van der Waals surface area contributed by atoms with E-state index in [1.807, 2.05) is 0 Å². The predicted octanol–water partition coefficient (Wildman–Crippen LogP) is 3.52. The molecule has 1 rings (SSSR count). The van der Waals surface area contributed by atoms with Gasteiger partial charge in [-0.25, -0.2) is 0 Å². The van der Waals surface area contributed by atoms with E-state index in [1.165, 1.54) is 11.1 Å². The molecule has 60 valence electrons. The first-order valence-electron chi connectivity index (χ1n) is 3.57. The van der Waals surface area contributed by atoms with Crippen LogP contribution >= 0.6 is 31.9 Å². The normalized spacial score (nSPS) is 10.0. The van der Waals surface area contributed by atoms with Gasteiger partial charge in [0.05, 0.1) is 0 Å². The summed E-state index contributed by atoms with van der Waals surface area (Å²) in [6.07, 6.45) is 1.11. The standard InChI is InChI=1S/C9H10Br2/c10-6-5-8-3-1-2-4-9(8)7-11/h1-4H,5-7H2. The Bertz CT molecular complexity index is 221. The van der Waals surface area contributed by atoms with Crippen LogP contribution in [0.25, 0.3) is 0 Å². The maximum absolute atomic E-state index is 3.46. The minimum Gasteiger partial charge on any atom is -0.0924 e. The van der Waals surface area contributed by atoms with Crippen molar-refractivity contribution in [3.8, 4) is 0 Å². The summed E-state index contributed by atoms with van der Waals surface area (Å²) in [5, 5.41) is 1.99. The molecular formula is C9H10Br2. The monoisotopic (exact) mass is 276 g/mol. The summed E-state index contributed by atoms with van der Waals surface area (Å²) < 4.78 is 0. The van der Waals surface area contributed by atoms with Crippen molar-refractivity contribution < 1.29 is 0 Å². The highest BCUT2D eigenvalue weighted by Crippen LogP contribution is 2.13. The fraction of sp³-hybridized carbons (Fsp3) is 0.333. The maximum atomic E-state index is 3.46. The lowest BCUT2D eigenvalue weighted by atomic mass is 10.1. The van der Waals surface area contributed by atoms with E-state index < -0.39 is 0 Å². The number of hydrogen-bond acceptors (Lipinski definition) is 0. The van der Waals surface area contributed by atoms with Gasteiger partial charge < -0.3 is 0 Å². The highest BCUT2D eigenvalue weighted by Gasteiger charge is 1.97. The Morgan fingerprint density at radius 2 is 1.64 bits per heavy atom. The molecule has 0 saturated carbocycles. The second-order valence-electron chi connectivity index (χ2n) is 2.34. The van der Waals surface area contributed by atoms with Crippen LogP contribution in [0.5, 0.6) is 0 Å². The van der Waals surface area contributed by atoms with Crippen LogP contribution in [0.1, 0.15) is 11.1 Å². The van der Waals surface area contributed by atoms with Crippen LogP contribution < -0.4 is 0 Å². The summed E-state index contributed by atoms with van der Waals surface area (Å²) in [4.78, 5) is 0.